The Labute approximate surface area is 154 Å². The van der Waals surface area contributed by atoms with Gasteiger partial charge in [0.2, 0.25) is 0 Å². The number of aromatic nitrogens is 1. The molecule has 2 N–H and O–H groups in total. The van der Waals surface area contributed by atoms with Crippen LogP contribution in [-0.2, 0) is 6.54 Å². The van der Waals surface area contributed by atoms with Gasteiger partial charge in [-0.3, -0.25) is 0 Å². The molecular weight excluding hydrogens is 330 g/mol. The highest BCUT2D eigenvalue weighted by molar-refractivity contribution is 7.13. The van der Waals surface area contributed by atoms with Gasteiger partial charge in [-0.25, -0.2) is 9.98 Å². The standard InChI is InChI=1S/C19H27N5S/c1-4-20-18(22-12-16-13-25-19(23-16)24(2)3)21-11-15-10-17(15)14-8-6-5-7-9-14/h5-9,13,15,17H,4,10-12H2,1-3H3,(H2,20,21,22). The molecule has 1 heterocycles. The van der Waals surface area contributed by atoms with Gasteiger partial charge in [0.15, 0.2) is 11.1 Å². The fraction of sp³-hybridized carbons (Fsp3) is 0.474. The van der Waals surface area contributed by atoms with E-state index in [0.29, 0.717) is 18.4 Å². The average Bonchev–Trinajstić information content (AvgIpc) is 3.24. The van der Waals surface area contributed by atoms with Crippen LogP contribution in [0.25, 0.3) is 0 Å². The summed E-state index contributed by atoms with van der Waals surface area (Å²) in [6.45, 7) is 4.52. The predicted octanol–water partition coefficient (Wildman–Crippen LogP) is 3.07. The largest absolute Gasteiger partial charge is 0.357 e. The summed E-state index contributed by atoms with van der Waals surface area (Å²) in [5.74, 6) is 2.27. The van der Waals surface area contributed by atoms with Crippen LogP contribution in [0.2, 0.25) is 0 Å². The second-order valence-electron chi connectivity index (χ2n) is 6.60. The van der Waals surface area contributed by atoms with Crippen LogP contribution in [0.5, 0.6) is 0 Å². The lowest BCUT2D eigenvalue weighted by molar-refractivity contribution is 0.720. The van der Waals surface area contributed by atoms with E-state index in [9.17, 15) is 0 Å². The van der Waals surface area contributed by atoms with E-state index >= 15 is 0 Å². The van der Waals surface area contributed by atoms with E-state index in [1.54, 1.807) is 11.3 Å². The zero-order valence-electron chi connectivity index (χ0n) is 15.2. The van der Waals surface area contributed by atoms with Gasteiger partial charge in [-0.05, 0) is 30.7 Å². The molecule has 0 amide bonds. The van der Waals surface area contributed by atoms with Crippen molar-refractivity contribution in [1.82, 2.24) is 15.6 Å². The molecule has 0 bridgehead atoms. The number of guanidine groups is 1. The van der Waals surface area contributed by atoms with Gasteiger partial charge in [0, 0.05) is 32.6 Å². The molecule has 1 aliphatic carbocycles. The minimum Gasteiger partial charge on any atom is -0.357 e. The van der Waals surface area contributed by atoms with Crippen LogP contribution < -0.4 is 15.5 Å². The number of anilines is 1. The first-order valence-electron chi connectivity index (χ1n) is 8.86. The molecule has 0 radical (unpaired) electrons. The van der Waals surface area contributed by atoms with E-state index in [1.807, 2.05) is 19.0 Å². The highest BCUT2D eigenvalue weighted by Gasteiger charge is 2.37. The van der Waals surface area contributed by atoms with Gasteiger partial charge >= 0.3 is 0 Å². The third-order valence-electron chi connectivity index (χ3n) is 4.35. The molecule has 2 unspecified atom stereocenters. The number of aliphatic imine (C=N–C) groups is 1. The second kappa shape index (κ2) is 8.34. The van der Waals surface area contributed by atoms with Crippen molar-refractivity contribution in [2.24, 2.45) is 10.9 Å². The van der Waals surface area contributed by atoms with Crippen LogP contribution >= 0.6 is 11.3 Å². The van der Waals surface area contributed by atoms with E-state index in [4.69, 9.17) is 0 Å². The first-order chi connectivity index (χ1) is 12.2. The number of nitrogens with one attached hydrogen (secondary N) is 2. The molecule has 5 nitrogen and oxygen atoms in total. The maximum Gasteiger partial charge on any atom is 0.191 e. The van der Waals surface area contributed by atoms with Crippen molar-refractivity contribution in [3.8, 4) is 0 Å². The molecule has 1 saturated carbocycles. The summed E-state index contributed by atoms with van der Waals surface area (Å²) in [7, 11) is 4.02. The van der Waals surface area contributed by atoms with Crippen LogP contribution in [0, 0.1) is 5.92 Å². The zero-order chi connectivity index (χ0) is 17.6. The zero-order valence-corrected chi connectivity index (χ0v) is 16.0. The average molecular weight is 358 g/mol. The lowest BCUT2D eigenvalue weighted by Gasteiger charge is -2.11. The van der Waals surface area contributed by atoms with Gasteiger partial charge in [0.05, 0.1) is 12.2 Å². The summed E-state index contributed by atoms with van der Waals surface area (Å²) in [5.41, 5.74) is 2.47. The molecule has 2 aromatic rings. The maximum absolute atomic E-state index is 4.67. The minimum atomic E-state index is 0.604. The van der Waals surface area contributed by atoms with Crippen molar-refractivity contribution in [3.05, 3.63) is 47.0 Å². The summed E-state index contributed by atoms with van der Waals surface area (Å²) in [6, 6.07) is 10.8. The Bertz CT molecular complexity index is 695. The summed E-state index contributed by atoms with van der Waals surface area (Å²) in [4.78, 5) is 11.3. The molecule has 0 saturated heterocycles. The molecule has 1 aliphatic rings. The van der Waals surface area contributed by atoms with Crippen molar-refractivity contribution < 1.29 is 0 Å². The van der Waals surface area contributed by atoms with Gasteiger partial charge in [-0.2, -0.15) is 0 Å². The van der Waals surface area contributed by atoms with E-state index in [2.05, 4.69) is 63.2 Å². The summed E-state index contributed by atoms with van der Waals surface area (Å²) in [5, 5.41) is 9.91. The van der Waals surface area contributed by atoms with E-state index in [0.717, 1.165) is 29.9 Å². The first kappa shape index (κ1) is 17.7. The fourth-order valence-corrected chi connectivity index (χ4v) is 3.64. The molecular formula is C19H27N5S. The molecule has 1 aromatic heterocycles. The fourth-order valence-electron chi connectivity index (χ4n) is 2.89. The van der Waals surface area contributed by atoms with Crippen LogP contribution in [0.4, 0.5) is 5.13 Å². The highest BCUT2D eigenvalue weighted by atomic mass is 32.1. The molecule has 0 spiro atoms. The van der Waals surface area contributed by atoms with Gasteiger partial charge < -0.3 is 15.5 Å². The monoisotopic (exact) mass is 357 g/mol. The molecule has 1 fully saturated rings. The van der Waals surface area contributed by atoms with Crippen molar-refractivity contribution in [2.75, 3.05) is 32.1 Å². The third-order valence-corrected chi connectivity index (χ3v) is 5.40. The number of benzene rings is 1. The van der Waals surface area contributed by atoms with Crippen LogP contribution in [0.1, 0.15) is 30.5 Å². The van der Waals surface area contributed by atoms with Crippen LogP contribution in [-0.4, -0.2) is 38.1 Å². The van der Waals surface area contributed by atoms with Crippen molar-refractivity contribution in [1.29, 1.82) is 0 Å². The Hall–Kier alpha value is -2.08. The molecule has 25 heavy (non-hydrogen) atoms. The summed E-state index contributed by atoms with van der Waals surface area (Å²) < 4.78 is 0. The van der Waals surface area contributed by atoms with Crippen molar-refractivity contribution >= 4 is 22.4 Å². The van der Waals surface area contributed by atoms with E-state index in [-0.39, 0.29) is 0 Å². The van der Waals surface area contributed by atoms with Gasteiger partial charge in [-0.15, -0.1) is 11.3 Å². The Morgan fingerprint density at radius 2 is 2.08 bits per heavy atom. The molecule has 0 aliphatic heterocycles. The van der Waals surface area contributed by atoms with Gasteiger partial charge in [0.25, 0.3) is 0 Å². The van der Waals surface area contributed by atoms with E-state index in [1.165, 1.54) is 12.0 Å². The maximum atomic E-state index is 4.67. The number of hydrogen-bond donors (Lipinski definition) is 2. The molecule has 1 aromatic carbocycles. The number of rotatable bonds is 7. The number of thiazole rings is 1. The number of nitrogens with zero attached hydrogens (tertiary/aromatic N) is 3. The quantitative estimate of drug-likeness (QED) is 0.591. The topological polar surface area (TPSA) is 52.6 Å². The third kappa shape index (κ3) is 4.95. The smallest absolute Gasteiger partial charge is 0.191 e. The second-order valence-corrected chi connectivity index (χ2v) is 7.44. The van der Waals surface area contributed by atoms with Crippen molar-refractivity contribution in [2.45, 2.75) is 25.8 Å². The lowest BCUT2D eigenvalue weighted by atomic mass is 10.1. The summed E-state index contributed by atoms with van der Waals surface area (Å²) >= 11 is 1.65. The Morgan fingerprint density at radius 1 is 1.28 bits per heavy atom. The van der Waals surface area contributed by atoms with E-state index < -0.39 is 0 Å². The Balaban J connectivity index is 1.51. The normalized spacial score (nSPS) is 19.6. The lowest BCUT2D eigenvalue weighted by Crippen LogP contribution is -2.38. The van der Waals surface area contributed by atoms with Gasteiger partial charge in [0.1, 0.15) is 0 Å². The predicted molar refractivity (Wildman–Crippen MR) is 107 cm³/mol. The Morgan fingerprint density at radius 3 is 2.76 bits per heavy atom. The van der Waals surface area contributed by atoms with Gasteiger partial charge in [-0.1, -0.05) is 30.3 Å². The summed E-state index contributed by atoms with van der Waals surface area (Å²) in [6.07, 6.45) is 1.26. The van der Waals surface area contributed by atoms with Crippen LogP contribution in [0.3, 0.4) is 0 Å². The molecule has 2 atom stereocenters. The first-order valence-corrected chi connectivity index (χ1v) is 9.74. The van der Waals surface area contributed by atoms with Crippen LogP contribution in [0.15, 0.2) is 40.7 Å². The number of hydrogen-bond acceptors (Lipinski definition) is 4. The highest BCUT2D eigenvalue weighted by Crippen LogP contribution is 2.46. The molecule has 6 heteroatoms. The minimum absolute atomic E-state index is 0.604. The molecule has 3 rings (SSSR count). The van der Waals surface area contributed by atoms with Crippen molar-refractivity contribution in [3.63, 3.8) is 0 Å². The SMILES string of the molecule is CCNC(=NCc1csc(N(C)C)n1)NCC1CC1c1ccccc1. The Kier molecular flexibility index (Phi) is 5.91. The molecule has 134 valence electrons.